The molecular formula is C20H15BrN2O. The maximum absolute atomic E-state index is 12.9. The SMILES string of the molecule is O=C(c1ccccc1)C(N=Nc1ccccc1Br)c1ccccc1. The lowest BCUT2D eigenvalue weighted by atomic mass is 9.98. The summed E-state index contributed by atoms with van der Waals surface area (Å²) in [5, 5.41) is 8.63. The van der Waals surface area contributed by atoms with E-state index in [0.717, 1.165) is 10.0 Å². The number of carbonyl (C=O) groups excluding carboxylic acids is 1. The van der Waals surface area contributed by atoms with E-state index in [1.165, 1.54) is 0 Å². The molecule has 0 aliphatic heterocycles. The summed E-state index contributed by atoms with van der Waals surface area (Å²) in [5.41, 5.74) is 2.14. The molecule has 0 N–H and O–H groups in total. The molecule has 0 aliphatic rings. The number of benzene rings is 3. The average molecular weight is 379 g/mol. The summed E-state index contributed by atoms with van der Waals surface area (Å²) in [5.74, 6) is -0.0717. The highest BCUT2D eigenvalue weighted by atomic mass is 79.9. The van der Waals surface area contributed by atoms with Crippen LogP contribution in [0.5, 0.6) is 0 Å². The topological polar surface area (TPSA) is 41.8 Å². The van der Waals surface area contributed by atoms with Gasteiger partial charge in [-0.15, -0.1) is 0 Å². The van der Waals surface area contributed by atoms with Crippen molar-refractivity contribution < 1.29 is 4.79 Å². The van der Waals surface area contributed by atoms with Crippen molar-refractivity contribution >= 4 is 27.4 Å². The summed E-state index contributed by atoms with van der Waals surface area (Å²) in [4.78, 5) is 12.9. The highest BCUT2D eigenvalue weighted by molar-refractivity contribution is 9.10. The lowest BCUT2D eigenvalue weighted by molar-refractivity contribution is 0.0959. The summed E-state index contributed by atoms with van der Waals surface area (Å²) in [6.45, 7) is 0. The third kappa shape index (κ3) is 3.84. The summed E-state index contributed by atoms with van der Waals surface area (Å²) in [7, 11) is 0. The van der Waals surface area contributed by atoms with Gasteiger partial charge in [0.25, 0.3) is 0 Å². The quantitative estimate of drug-likeness (QED) is 0.387. The van der Waals surface area contributed by atoms with Gasteiger partial charge in [-0.05, 0) is 33.6 Å². The van der Waals surface area contributed by atoms with Crippen molar-refractivity contribution in [3.05, 3.63) is 101 Å². The van der Waals surface area contributed by atoms with Crippen LogP contribution >= 0.6 is 15.9 Å². The molecule has 0 fully saturated rings. The Morgan fingerprint density at radius 1 is 0.792 bits per heavy atom. The van der Waals surface area contributed by atoms with Crippen molar-refractivity contribution in [1.82, 2.24) is 0 Å². The molecule has 118 valence electrons. The second kappa shape index (κ2) is 7.79. The Morgan fingerprint density at radius 2 is 1.38 bits per heavy atom. The van der Waals surface area contributed by atoms with Gasteiger partial charge in [-0.2, -0.15) is 10.2 Å². The first-order chi connectivity index (χ1) is 11.8. The maximum atomic E-state index is 12.9. The molecule has 4 heteroatoms. The molecule has 1 atom stereocenters. The molecule has 0 aromatic heterocycles. The second-order valence-corrected chi connectivity index (χ2v) is 6.06. The lowest BCUT2D eigenvalue weighted by Crippen LogP contribution is -2.10. The monoisotopic (exact) mass is 378 g/mol. The molecule has 0 aliphatic carbocycles. The Kier molecular flexibility index (Phi) is 5.29. The smallest absolute Gasteiger partial charge is 0.193 e. The van der Waals surface area contributed by atoms with Crippen LogP contribution in [0, 0.1) is 0 Å². The van der Waals surface area contributed by atoms with Crippen LogP contribution in [-0.2, 0) is 0 Å². The second-order valence-electron chi connectivity index (χ2n) is 5.21. The fraction of sp³-hybridized carbons (Fsp3) is 0.0500. The van der Waals surface area contributed by atoms with E-state index in [1.807, 2.05) is 72.8 Å². The molecule has 0 bridgehead atoms. The normalized spacial score (nSPS) is 12.2. The maximum Gasteiger partial charge on any atom is 0.193 e. The number of ketones is 1. The molecule has 0 heterocycles. The first-order valence-electron chi connectivity index (χ1n) is 7.55. The van der Waals surface area contributed by atoms with E-state index < -0.39 is 6.04 Å². The predicted molar refractivity (Wildman–Crippen MR) is 98.6 cm³/mol. The number of nitrogens with zero attached hydrogens (tertiary/aromatic N) is 2. The predicted octanol–water partition coefficient (Wildman–Crippen LogP) is 6.16. The van der Waals surface area contributed by atoms with E-state index in [0.29, 0.717) is 11.3 Å². The van der Waals surface area contributed by atoms with Crippen LogP contribution in [0.3, 0.4) is 0 Å². The first-order valence-corrected chi connectivity index (χ1v) is 8.34. The van der Waals surface area contributed by atoms with Gasteiger partial charge in [-0.25, -0.2) is 0 Å². The van der Waals surface area contributed by atoms with Crippen LogP contribution in [0.25, 0.3) is 0 Å². The Hall–Kier alpha value is -2.59. The molecule has 0 spiro atoms. The van der Waals surface area contributed by atoms with Gasteiger partial charge in [0.2, 0.25) is 0 Å². The van der Waals surface area contributed by atoms with Crippen molar-refractivity contribution in [3.8, 4) is 0 Å². The molecule has 24 heavy (non-hydrogen) atoms. The molecule has 0 amide bonds. The molecule has 0 radical (unpaired) electrons. The molecule has 0 saturated carbocycles. The Bertz CT molecular complexity index is 848. The Labute approximate surface area is 149 Å². The van der Waals surface area contributed by atoms with Crippen LogP contribution in [0.1, 0.15) is 22.0 Å². The van der Waals surface area contributed by atoms with Crippen LogP contribution in [-0.4, -0.2) is 5.78 Å². The molecular weight excluding hydrogens is 364 g/mol. The van der Waals surface area contributed by atoms with Crippen molar-refractivity contribution in [3.63, 3.8) is 0 Å². The molecule has 3 rings (SSSR count). The van der Waals surface area contributed by atoms with Gasteiger partial charge in [0.1, 0.15) is 0 Å². The molecule has 0 saturated heterocycles. The standard InChI is InChI=1S/C20H15BrN2O/c21-17-13-7-8-14-18(17)22-23-19(15-9-3-1-4-10-15)20(24)16-11-5-2-6-12-16/h1-14,19H. The van der Waals surface area contributed by atoms with Crippen LogP contribution in [0.15, 0.2) is 99.6 Å². The summed E-state index contributed by atoms with van der Waals surface area (Å²) in [6, 6.07) is 25.5. The molecule has 1 unspecified atom stereocenters. The lowest BCUT2D eigenvalue weighted by Gasteiger charge is -2.11. The van der Waals surface area contributed by atoms with Gasteiger partial charge in [-0.3, -0.25) is 4.79 Å². The van der Waals surface area contributed by atoms with Crippen molar-refractivity contribution in [2.75, 3.05) is 0 Å². The number of Topliss-reactive ketones (excluding diaryl/α,β-unsaturated/α-hetero) is 1. The largest absolute Gasteiger partial charge is 0.291 e. The zero-order valence-corrected chi connectivity index (χ0v) is 14.4. The van der Waals surface area contributed by atoms with Gasteiger partial charge in [0.05, 0.1) is 5.69 Å². The van der Waals surface area contributed by atoms with Gasteiger partial charge in [-0.1, -0.05) is 72.8 Å². The molecule has 3 aromatic rings. The van der Waals surface area contributed by atoms with Crippen LogP contribution in [0.4, 0.5) is 5.69 Å². The van der Waals surface area contributed by atoms with Crippen molar-refractivity contribution in [2.24, 2.45) is 10.2 Å². The Morgan fingerprint density at radius 3 is 2.04 bits per heavy atom. The minimum absolute atomic E-state index is 0.0717. The number of carbonyl (C=O) groups is 1. The highest BCUT2D eigenvalue weighted by Crippen LogP contribution is 2.28. The number of halogens is 1. The fourth-order valence-corrected chi connectivity index (χ4v) is 2.68. The third-order valence-corrected chi connectivity index (χ3v) is 4.23. The fourth-order valence-electron chi connectivity index (χ4n) is 2.32. The van der Waals surface area contributed by atoms with E-state index in [4.69, 9.17) is 0 Å². The van der Waals surface area contributed by atoms with E-state index in [1.54, 1.807) is 12.1 Å². The third-order valence-electron chi connectivity index (χ3n) is 3.56. The van der Waals surface area contributed by atoms with Gasteiger partial charge < -0.3 is 0 Å². The number of hydrogen-bond acceptors (Lipinski definition) is 3. The van der Waals surface area contributed by atoms with Gasteiger partial charge in [0, 0.05) is 10.0 Å². The van der Waals surface area contributed by atoms with E-state index >= 15 is 0 Å². The first kappa shape index (κ1) is 16.3. The van der Waals surface area contributed by atoms with E-state index in [2.05, 4.69) is 26.2 Å². The number of hydrogen-bond donors (Lipinski definition) is 0. The van der Waals surface area contributed by atoms with E-state index in [9.17, 15) is 4.79 Å². The van der Waals surface area contributed by atoms with Gasteiger partial charge in [0.15, 0.2) is 11.8 Å². The average Bonchev–Trinajstić information content (AvgIpc) is 2.65. The summed E-state index contributed by atoms with van der Waals surface area (Å²) < 4.78 is 0.840. The minimum Gasteiger partial charge on any atom is -0.291 e. The van der Waals surface area contributed by atoms with Crippen LogP contribution in [0.2, 0.25) is 0 Å². The summed E-state index contributed by atoms with van der Waals surface area (Å²) in [6.07, 6.45) is 0. The van der Waals surface area contributed by atoms with E-state index in [-0.39, 0.29) is 5.78 Å². The van der Waals surface area contributed by atoms with Gasteiger partial charge >= 0.3 is 0 Å². The molecule has 3 nitrogen and oxygen atoms in total. The zero-order valence-electron chi connectivity index (χ0n) is 12.8. The Balaban J connectivity index is 1.97. The van der Waals surface area contributed by atoms with Crippen molar-refractivity contribution in [1.29, 1.82) is 0 Å². The zero-order chi connectivity index (χ0) is 16.8. The number of rotatable bonds is 5. The summed E-state index contributed by atoms with van der Waals surface area (Å²) >= 11 is 3.45. The van der Waals surface area contributed by atoms with Crippen LogP contribution < -0.4 is 0 Å². The molecule has 3 aromatic carbocycles. The minimum atomic E-state index is -0.666. The van der Waals surface area contributed by atoms with Crippen molar-refractivity contribution in [2.45, 2.75) is 6.04 Å². The highest BCUT2D eigenvalue weighted by Gasteiger charge is 2.21. The number of azo groups is 1.